The zero-order valence-corrected chi connectivity index (χ0v) is 11.7. The van der Waals surface area contributed by atoms with Crippen LogP contribution in [0.5, 0.6) is 5.75 Å². The van der Waals surface area contributed by atoms with Crippen LogP contribution in [0, 0.1) is 0 Å². The monoisotopic (exact) mass is 269 g/mol. The topological polar surface area (TPSA) is 61.5 Å². The molecule has 0 saturated carbocycles. The SMILES string of the molecule is COC(=O)CSC(c1cccc(OC)c1)C(C)N. The molecule has 0 aliphatic carbocycles. The Morgan fingerprint density at radius 1 is 1.44 bits per heavy atom. The van der Waals surface area contributed by atoms with Crippen LogP contribution in [-0.2, 0) is 9.53 Å². The average Bonchev–Trinajstić information content (AvgIpc) is 2.38. The number of carbonyl (C=O) groups excluding carboxylic acids is 1. The van der Waals surface area contributed by atoms with Crippen molar-refractivity contribution in [2.45, 2.75) is 18.2 Å². The molecule has 5 heteroatoms. The maximum atomic E-state index is 11.2. The highest BCUT2D eigenvalue weighted by Crippen LogP contribution is 2.33. The average molecular weight is 269 g/mol. The Bertz CT molecular complexity index is 396. The molecule has 0 fully saturated rings. The summed E-state index contributed by atoms with van der Waals surface area (Å²) in [6, 6.07) is 7.67. The highest BCUT2D eigenvalue weighted by Gasteiger charge is 2.19. The number of rotatable bonds is 6. The van der Waals surface area contributed by atoms with E-state index in [0.29, 0.717) is 5.75 Å². The van der Waals surface area contributed by atoms with Crippen molar-refractivity contribution in [2.24, 2.45) is 5.73 Å². The Morgan fingerprint density at radius 3 is 2.72 bits per heavy atom. The molecule has 0 amide bonds. The lowest BCUT2D eigenvalue weighted by molar-refractivity contribution is -0.137. The Balaban J connectivity index is 2.80. The quantitative estimate of drug-likeness (QED) is 0.800. The van der Waals surface area contributed by atoms with Crippen molar-refractivity contribution in [1.82, 2.24) is 0 Å². The van der Waals surface area contributed by atoms with Crippen molar-refractivity contribution < 1.29 is 14.3 Å². The summed E-state index contributed by atoms with van der Waals surface area (Å²) in [7, 11) is 3.01. The molecular weight excluding hydrogens is 250 g/mol. The van der Waals surface area contributed by atoms with E-state index in [1.807, 2.05) is 31.2 Å². The summed E-state index contributed by atoms with van der Waals surface area (Å²) in [4.78, 5) is 11.2. The van der Waals surface area contributed by atoms with E-state index in [9.17, 15) is 4.79 Å². The van der Waals surface area contributed by atoms with E-state index in [1.54, 1.807) is 7.11 Å². The second kappa shape index (κ2) is 7.28. The molecule has 18 heavy (non-hydrogen) atoms. The molecule has 1 aromatic rings. The third kappa shape index (κ3) is 4.23. The number of hydrogen-bond acceptors (Lipinski definition) is 5. The van der Waals surface area contributed by atoms with E-state index in [1.165, 1.54) is 18.9 Å². The van der Waals surface area contributed by atoms with Crippen LogP contribution in [0.15, 0.2) is 24.3 Å². The molecule has 2 unspecified atom stereocenters. The molecule has 0 spiro atoms. The van der Waals surface area contributed by atoms with Gasteiger partial charge in [0.2, 0.25) is 0 Å². The fourth-order valence-corrected chi connectivity index (χ4v) is 2.66. The van der Waals surface area contributed by atoms with Crippen molar-refractivity contribution >= 4 is 17.7 Å². The minimum Gasteiger partial charge on any atom is -0.497 e. The lowest BCUT2D eigenvalue weighted by Gasteiger charge is -2.20. The molecule has 1 rings (SSSR count). The maximum absolute atomic E-state index is 11.2. The molecule has 2 N–H and O–H groups in total. The largest absolute Gasteiger partial charge is 0.497 e. The number of benzene rings is 1. The van der Waals surface area contributed by atoms with Gasteiger partial charge in [0, 0.05) is 11.3 Å². The van der Waals surface area contributed by atoms with Crippen LogP contribution in [0.1, 0.15) is 17.7 Å². The Hall–Kier alpha value is -1.20. The minimum absolute atomic E-state index is 0.0409. The van der Waals surface area contributed by atoms with Crippen LogP contribution in [0.3, 0.4) is 0 Å². The first-order valence-corrected chi connectivity index (χ1v) is 6.71. The van der Waals surface area contributed by atoms with Gasteiger partial charge < -0.3 is 15.2 Å². The Kier molecular flexibility index (Phi) is 6.01. The molecule has 1 aromatic carbocycles. The van der Waals surface area contributed by atoms with Crippen LogP contribution in [0.2, 0.25) is 0 Å². The summed E-state index contributed by atoms with van der Waals surface area (Å²) in [5.41, 5.74) is 7.03. The van der Waals surface area contributed by atoms with Gasteiger partial charge in [0.1, 0.15) is 5.75 Å². The molecule has 0 aliphatic heterocycles. The van der Waals surface area contributed by atoms with Crippen LogP contribution >= 0.6 is 11.8 Å². The summed E-state index contributed by atoms with van der Waals surface area (Å²) >= 11 is 1.48. The number of esters is 1. The van der Waals surface area contributed by atoms with E-state index in [4.69, 9.17) is 10.5 Å². The fraction of sp³-hybridized carbons (Fsp3) is 0.462. The third-order valence-corrected chi connectivity index (χ3v) is 3.97. The zero-order chi connectivity index (χ0) is 13.5. The van der Waals surface area contributed by atoms with Gasteiger partial charge >= 0.3 is 5.97 Å². The highest BCUT2D eigenvalue weighted by molar-refractivity contribution is 8.00. The molecule has 2 atom stereocenters. The molecule has 0 saturated heterocycles. The van der Waals surface area contributed by atoms with E-state index >= 15 is 0 Å². The second-order valence-electron chi connectivity index (χ2n) is 3.94. The number of ether oxygens (including phenoxy) is 2. The summed E-state index contributed by atoms with van der Waals surface area (Å²) in [5, 5.41) is 0.0409. The Labute approximate surface area is 112 Å². The van der Waals surface area contributed by atoms with Gasteiger partial charge in [0.05, 0.1) is 20.0 Å². The molecule has 0 aliphatic rings. The van der Waals surface area contributed by atoms with E-state index < -0.39 is 0 Å². The lowest BCUT2D eigenvalue weighted by Crippen LogP contribution is -2.23. The minimum atomic E-state index is -0.242. The number of thioether (sulfide) groups is 1. The summed E-state index contributed by atoms with van der Waals surface area (Å²) in [5.74, 6) is 0.838. The number of methoxy groups -OCH3 is 2. The molecule has 100 valence electrons. The number of carbonyl (C=O) groups is 1. The number of nitrogens with two attached hydrogens (primary N) is 1. The molecule has 0 bridgehead atoms. The molecule has 0 radical (unpaired) electrons. The van der Waals surface area contributed by atoms with Crippen molar-refractivity contribution in [2.75, 3.05) is 20.0 Å². The first kappa shape index (κ1) is 14.9. The van der Waals surface area contributed by atoms with Crippen LogP contribution < -0.4 is 10.5 Å². The molecule has 0 heterocycles. The van der Waals surface area contributed by atoms with Gasteiger partial charge in [-0.15, -0.1) is 11.8 Å². The molecule has 0 aromatic heterocycles. The normalized spacial score (nSPS) is 13.8. The van der Waals surface area contributed by atoms with Crippen molar-refractivity contribution in [1.29, 1.82) is 0 Å². The van der Waals surface area contributed by atoms with Gasteiger partial charge in [-0.2, -0.15) is 0 Å². The first-order chi connectivity index (χ1) is 8.58. The van der Waals surface area contributed by atoms with Crippen LogP contribution in [0.25, 0.3) is 0 Å². The van der Waals surface area contributed by atoms with Gasteiger partial charge in [-0.3, -0.25) is 4.79 Å². The molecular formula is C13H19NO3S. The maximum Gasteiger partial charge on any atom is 0.315 e. The molecule has 4 nitrogen and oxygen atoms in total. The van der Waals surface area contributed by atoms with E-state index in [-0.39, 0.29) is 17.3 Å². The van der Waals surface area contributed by atoms with E-state index in [0.717, 1.165) is 11.3 Å². The van der Waals surface area contributed by atoms with Gasteiger partial charge in [0.25, 0.3) is 0 Å². The van der Waals surface area contributed by atoms with Gasteiger partial charge in [-0.1, -0.05) is 12.1 Å². The van der Waals surface area contributed by atoms with Crippen molar-refractivity contribution in [3.05, 3.63) is 29.8 Å². The highest BCUT2D eigenvalue weighted by atomic mass is 32.2. The van der Waals surface area contributed by atoms with Crippen LogP contribution in [-0.4, -0.2) is 32.0 Å². The van der Waals surface area contributed by atoms with Gasteiger partial charge in [-0.25, -0.2) is 0 Å². The smallest absolute Gasteiger partial charge is 0.315 e. The second-order valence-corrected chi connectivity index (χ2v) is 5.07. The first-order valence-electron chi connectivity index (χ1n) is 5.66. The van der Waals surface area contributed by atoms with Gasteiger partial charge in [0.15, 0.2) is 0 Å². The standard InChI is InChI=1S/C13H19NO3S/c1-9(14)13(18-8-12(15)17-3)10-5-4-6-11(7-10)16-2/h4-7,9,13H,8,14H2,1-3H3. The summed E-state index contributed by atoms with van der Waals surface area (Å²) in [6.45, 7) is 1.93. The van der Waals surface area contributed by atoms with Crippen LogP contribution in [0.4, 0.5) is 0 Å². The zero-order valence-electron chi connectivity index (χ0n) is 10.9. The lowest BCUT2D eigenvalue weighted by atomic mass is 10.1. The summed E-state index contributed by atoms with van der Waals surface area (Å²) in [6.07, 6.45) is 0. The predicted octanol–water partition coefficient (Wildman–Crippen LogP) is 1.99. The van der Waals surface area contributed by atoms with E-state index in [2.05, 4.69) is 4.74 Å². The summed E-state index contributed by atoms with van der Waals surface area (Å²) < 4.78 is 9.83. The predicted molar refractivity (Wildman–Crippen MR) is 73.9 cm³/mol. The van der Waals surface area contributed by atoms with Crippen molar-refractivity contribution in [3.8, 4) is 5.75 Å². The Morgan fingerprint density at radius 2 is 2.17 bits per heavy atom. The third-order valence-electron chi connectivity index (χ3n) is 2.51. The fourth-order valence-electron chi connectivity index (χ4n) is 1.59. The number of hydrogen-bond donors (Lipinski definition) is 1. The van der Waals surface area contributed by atoms with Gasteiger partial charge in [-0.05, 0) is 24.6 Å². The van der Waals surface area contributed by atoms with Crippen molar-refractivity contribution in [3.63, 3.8) is 0 Å².